The van der Waals surface area contributed by atoms with Gasteiger partial charge in [-0.05, 0) is 32.3 Å². The monoisotopic (exact) mass is 305 g/mol. The molecule has 5 nitrogen and oxygen atoms in total. The lowest BCUT2D eigenvalue weighted by Gasteiger charge is -2.21. The first kappa shape index (κ1) is 14.3. The molecule has 0 amide bonds. The number of hydrogen-bond donors (Lipinski definition) is 1. The van der Waals surface area contributed by atoms with E-state index in [0.717, 1.165) is 24.0 Å². The fourth-order valence-corrected chi connectivity index (χ4v) is 4.28. The third-order valence-electron chi connectivity index (χ3n) is 3.75. The molecule has 0 radical (unpaired) electrons. The molecule has 1 aromatic heterocycles. The predicted octanol–water partition coefficient (Wildman–Crippen LogP) is 2.38. The molecule has 1 aliphatic rings. The summed E-state index contributed by atoms with van der Waals surface area (Å²) in [5.74, 6) is 0. The Morgan fingerprint density at radius 2 is 2.10 bits per heavy atom. The quantitative estimate of drug-likeness (QED) is 0.922. The lowest BCUT2D eigenvalue weighted by molar-refractivity contribution is 0.398. The SMILES string of the molecule is Cc1cccc(CN(C2CC2)S(=O)(=O)c2cn[nH]c2C)c1. The highest BCUT2D eigenvalue weighted by Crippen LogP contribution is 2.34. The van der Waals surface area contributed by atoms with Crippen LogP contribution in [0.15, 0.2) is 35.4 Å². The molecule has 2 aromatic rings. The van der Waals surface area contributed by atoms with Crippen LogP contribution >= 0.6 is 0 Å². The van der Waals surface area contributed by atoms with Gasteiger partial charge in [0, 0.05) is 12.6 Å². The Bertz CT molecular complexity index is 748. The largest absolute Gasteiger partial charge is 0.281 e. The van der Waals surface area contributed by atoms with Crippen LogP contribution < -0.4 is 0 Å². The standard InChI is InChI=1S/C15H19N3O2S/c1-11-4-3-5-13(8-11)10-18(14-6-7-14)21(19,20)15-9-16-17-12(15)2/h3-5,8-9,14H,6-7,10H2,1-2H3,(H,16,17). The van der Waals surface area contributed by atoms with Crippen molar-refractivity contribution < 1.29 is 8.42 Å². The van der Waals surface area contributed by atoms with Gasteiger partial charge in [-0.15, -0.1) is 0 Å². The molecular formula is C15H19N3O2S. The highest BCUT2D eigenvalue weighted by molar-refractivity contribution is 7.89. The van der Waals surface area contributed by atoms with Gasteiger partial charge in [0.1, 0.15) is 4.90 Å². The molecule has 0 spiro atoms. The van der Waals surface area contributed by atoms with Gasteiger partial charge in [0.15, 0.2) is 0 Å². The zero-order valence-corrected chi connectivity index (χ0v) is 13.0. The third kappa shape index (κ3) is 2.87. The predicted molar refractivity (Wildman–Crippen MR) is 80.3 cm³/mol. The summed E-state index contributed by atoms with van der Waals surface area (Å²) in [5, 5.41) is 6.55. The maximum absolute atomic E-state index is 12.9. The highest BCUT2D eigenvalue weighted by atomic mass is 32.2. The number of aryl methyl sites for hydroxylation is 2. The van der Waals surface area contributed by atoms with Crippen LogP contribution in [-0.2, 0) is 16.6 Å². The molecule has 1 heterocycles. The van der Waals surface area contributed by atoms with Gasteiger partial charge in [0.2, 0.25) is 10.0 Å². The molecule has 0 saturated heterocycles. The Labute approximate surface area is 125 Å². The zero-order chi connectivity index (χ0) is 15.0. The van der Waals surface area contributed by atoms with Crippen LogP contribution in [0.3, 0.4) is 0 Å². The van der Waals surface area contributed by atoms with Crippen molar-refractivity contribution in [3.8, 4) is 0 Å². The first-order chi connectivity index (χ1) is 9.98. The summed E-state index contributed by atoms with van der Waals surface area (Å²) in [6.07, 6.45) is 3.26. The molecule has 1 saturated carbocycles. The van der Waals surface area contributed by atoms with Crippen molar-refractivity contribution in [2.75, 3.05) is 0 Å². The van der Waals surface area contributed by atoms with Crippen molar-refractivity contribution in [2.24, 2.45) is 0 Å². The van der Waals surface area contributed by atoms with Crippen molar-refractivity contribution in [3.05, 3.63) is 47.3 Å². The van der Waals surface area contributed by atoms with Crippen LogP contribution in [0.2, 0.25) is 0 Å². The summed E-state index contributed by atoms with van der Waals surface area (Å²) >= 11 is 0. The van der Waals surface area contributed by atoms with Gasteiger partial charge in [-0.1, -0.05) is 29.8 Å². The molecule has 21 heavy (non-hydrogen) atoms. The molecule has 1 N–H and O–H groups in total. The lowest BCUT2D eigenvalue weighted by atomic mass is 10.1. The van der Waals surface area contributed by atoms with Crippen LogP contribution in [0.1, 0.15) is 29.7 Å². The molecule has 1 aliphatic carbocycles. The summed E-state index contributed by atoms with van der Waals surface area (Å²) in [6, 6.07) is 8.10. The Hall–Kier alpha value is -1.66. The molecule has 0 aliphatic heterocycles. The van der Waals surface area contributed by atoms with E-state index in [4.69, 9.17) is 0 Å². The molecule has 0 unspecified atom stereocenters. The fraction of sp³-hybridized carbons (Fsp3) is 0.400. The van der Waals surface area contributed by atoms with Gasteiger partial charge < -0.3 is 0 Å². The van der Waals surface area contributed by atoms with Crippen LogP contribution in [0.4, 0.5) is 0 Å². The van der Waals surface area contributed by atoms with E-state index in [2.05, 4.69) is 10.2 Å². The van der Waals surface area contributed by atoms with E-state index in [0.29, 0.717) is 12.2 Å². The molecule has 0 atom stereocenters. The van der Waals surface area contributed by atoms with E-state index in [-0.39, 0.29) is 10.9 Å². The molecule has 112 valence electrons. The zero-order valence-electron chi connectivity index (χ0n) is 12.2. The minimum atomic E-state index is -3.50. The minimum Gasteiger partial charge on any atom is -0.281 e. The summed E-state index contributed by atoms with van der Waals surface area (Å²) < 4.78 is 27.3. The van der Waals surface area contributed by atoms with Crippen molar-refractivity contribution in [2.45, 2.75) is 44.2 Å². The second-order valence-corrected chi connectivity index (χ2v) is 7.49. The highest BCUT2D eigenvalue weighted by Gasteiger charge is 2.39. The van der Waals surface area contributed by atoms with E-state index in [1.807, 2.05) is 31.2 Å². The van der Waals surface area contributed by atoms with Crippen LogP contribution in [0.25, 0.3) is 0 Å². The third-order valence-corrected chi connectivity index (χ3v) is 5.76. The van der Waals surface area contributed by atoms with E-state index in [9.17, 15) is 8.42 Å². The molecule has 6 heteroatoms. The molecule has 0 bridgehead atoms. The molecule has 1 fully saturated rings. The Balaban J connectivity index is 1.94. The topological polar surface area (TPSA) is 66.1 Å². The average Bonchev–Trinajstić information content (AvgIpc) is 3.17. The van der Waals surface area contributed by atoms with Gasteiger partial charge in [-0.2, -0.15) is 9.40 Å². The number of benzene rings is 1. The lowest BCUT2D eigenvalue weighted by Crippen LogP contribution is -2.32. The van der Waals surface area contributed by atoms with Gasteiger partial charge >= 0.3 is 0 Å². The van der Waals surface area contributed by atoms with E-state index in [1.165, 1.54) is 6.20 Å². The van der Waals surface area contributed by atoms with Gasteiger partial charge in [-0.25, -0.2) is 8.42 Å². The van der Waals surface area contributed by atoms with E-state index >= 15 is 0 Å². The summed E-state index contributed by atoms with van der Waals surface area (Å²) in [7, 11) is -3.50. The Morgan fingerprint density at radius 1 is 1.33 bits per heavy atom. The molecule has 3 rings (SSSR count). The maximum atomic E-state index is 12.9. The van der Waals surface area contributed by atoms with Gasteiger partial charge in [0.25, 0.3) is 0 Å². The van der Waals surface area contributed by atoms with Crippen molar-refractivity contribution in [3.63, 3.8) is 0 Å². The summed E-state index contributed by atoms with van der Waals surface area (Å²) in [6.45, 7) is 4.16. The number of rotatable bonds is 5. The molecular weight excluding hydrogens is 286 g/mol. The number of aromatic amines is 1. The number of nitrogens with zero attached hydrogens (tertiary/aromatic N) is 2. The second-order valence-electron chi connectivity index (χ2n) is 5.63. The van der Waals surface area contributed by atoms with Crippen LogP contribution in [-0.4, -0.2) is 29.0 Å². The van der Waals surface area contributed by atoms with Crippen molar-refractivity contribution in [1.82, 2.24) is 14.5 Å². The number of H-pyrrole nitrogens is 1. The second kappa shape index (κ2) is 5.27. The van der Waals surface area contributed by atoms with Gasteiger partial charge in [0.05, 0.1) is 11.9 Å². The number of sulfonamides is 1. The average molecular weight is 305 g/mol. The first-order valence-electron chi connectivity index (χ1n) is 7.06. The molecule has 1 aromatic carbocycles. The summed E-state index contributed by atoms with van der Waals surface area (Å²) in [4.78, 5) is 0.280. The smallest absolute Gasteiger partial charge is 0.247 e. The number of nitrogens with one attached hydrogen (secondary N) is 1. The summed E-state index contributed by atoms with van der Waals surface area (Å²) in [5.41, 5.74) is 2.75. The van der Waals surface area contributed by atoms with E-state index in [1.54, 1.807) is 11.2 Å². The Kier molecular flexibility index (Phi) is 3.59. The van der Waals surface area contributed by atoms with Crippen LogP contribution in [0, 0.1) is 13.8 Å². The number of hydrogen-bond acceptors (Lipinski definition) is 3. The first-order valence-corrected chi connectivity index (χ1v) is 8.50. The van der Waals surface area contributed by atoms with Crippen molar-refractivity contribution >= 4 is 10.0 Å². The fourth-order valence-electron chi connectivity index (χ4n) is 2.49. The van der Waals surface area contributed by atoms with E-state index < -0.39 is 10.0 Å². The van der Waals surface area contributed by atoms with Crippen molar-refractivity contribution in [1.29, 1.82) is 0 Å². The van der Waals surface area contributed by atoms with Gasteiger partial charge in [-0.3, -0.25) is 5.10 Å². The minimum absolute atomic E-state index is 0.116. The van der Waals surface area contributed by atoms with Crippen LogP contribution in [0.5, 0.6) is 0 Å². The maximum Gasteiger partial charge on any atom is 0.247 e. The Morgan fingerprint density at radius 3 is 2.67 bits per heavy atom. The number of aromatic nitrogens is 2. The normalized spacial score (nSPS) is 15.6.